The van der Waals surface area contributed by atoms with Crippen molar-refractivity contribution in [3.63, 3.8) is 0 Å². The van der Waals surface area contributed by atoms with Gasteiger partial charge in [0.05, 0.1) is 6.42 Å². The molecule has 0 fully saturated rings. The van der Waals surface area contributed by atoms with E-state index in [1.807, 2.05) is 19.1 Å². The van der Waals surface area contributed by atoms with Crippen molar-refractivity contribution in [2.75, 3.05) is 6.54 Å². The van der Waals surface area contributed by atoms with Gasteiger partial charge in [0, 0.05) is 17.6 Å². The van der Waals surface area contributed by atoms with Gasteiger partial charge in [-0.15, -0.1) is 0 Å². The van der Waals surface area contributed by atoms with Gasteiger partial charge in [0.15, 0.2) is 0 Å². The third-order valence-corrected chi connectivity index (χ3v) is 2.90. The molecule has 1 rings (SSSR count). The lowest BCUT2D eigenvalue weighted by molar-refractivity contribution is -0.133. The average Bonchev–Trinajstić information content (AvgIpc) is 2.27. The summed E-state index contributed by atoms with van der Waals surface area (Å²) < 4.78 is 36.3. The summed E-state index contributed by atoms with van der Waals surface area (Å²) in [5.41, 5.74) is 0.975. The van der Waals surface area contributed by atoms with Gasteiger partial charge in [-0.25, -0.2) is 0 Å². The van der Waals surface area contributed by atoms with Gasteiger partial charge in [-0.2, -0.15) is 13.2 Å². The first-order valence-electron chi connectivity index (χ1n) is 5.98. The number of alkyl halides is 3. The molecule has 0 heterocycles. The zero-order valence-corrected chi connectivity index (χ0v) is 11.0. The molecule has 1 unspecified atom stereocenters. The molecule has 102 valence electrons. The third-order valence-electron chi connectivity index (χ3n) is 2.65. The first-order chi connectivity index (χ1) is 8.42. The molecule has 1 aromatic carbocycles. The fourth-order valence-electron chi connectivity index (χ4n) is 1.76. The molecular weight excluding hydrogens is 263 g/mol. The van der Waals surface area contributed by atoms with Crippen molar-refractivity contribution < 1.29 is 13.2 Å². The van der Waals surface area contributed by atoms with Crippen LogP contribution in [0.25, 0.3) is 0 Å². The lowest BCUT2D eigenvalue weighted by atomic mass is 10.0. The Morgan fingerprint density at radius 3 is 2.33 bits per heavy atom. The number of hydrogen-bond acceptors (Lipinski definition) is 1. The van der Waals surface area contributed by atoms with Gasteiger partial charge in [0.2, 0.25) is 0 Å². The highest BCUT2D eigenvalue weighted by molar-refractivity contribution is 6.30. The summed E-state index contributed by atoms with van der Waals surface area (Å²) in [6.07, 6.45) is -3.20. The van der Waals surface area contributed by atoms with Gasteiger partial charge in [-0.3, -0.25) is 0 Å². The summed E-state index contributed by atoms with van der Waals surface area (Å²) in [4.78, 5) is 0. The second-order valence-electron chi connectivity index (χ2n) is 4.21. The van der Waals surface area contributed by atoms with Crippen LogP contribution in [0.2, 0.25) is 5.02 Å². The molecule has 0 spiro atoms. The van der Waals surface area contributed by atoms with Gasteiger partial charge in [0.1, 0.15) is 0 Å². The predicted octanol–water partition coefficient (Wildman–Crippen LogP) is 4.72. The van der Waals surface area contributed by atoms with E-state index >= 15 is 0 Å². The number of benzene rings is 1. The Bertz CT molecular complexity index is 348. The van der Waals surface area contributed by atoms with Crippen molar-refractivity contribution in [1.82, 2.24) is 5.32 Å². The second kappa shape index (κ2) is 7.00. The van der Waals surface area contributed by atoms with Crippen LogP contribution in [-0.2, 0) is 0 Å². The van der Waals surface area contributed by atoms with Crippen LogP contribution in [-0.4, -0.2) is 12.7 Å². The first-order valence-corrected chi connectivity index (χ1v) is 6.36. The molecule has 0 radical (unpaired) electrons. The number of nitrogens with one attached hydrogen (secondary N) is 1. The van der Waals surface area contributed by atoms with Crippen LogP contribution < -0.4 is 5.32 Å². The summed E-state index contributed by atoms with van der Waals surface area (Å²) in [6.45, 7) is 1.95. The molecule has 0 saturated heterocycles. The molecule has 1 atom stereocenters. The van der Waals surface area contributed by atoms with E-state index in [2.05, 4.69) is 5.32 Å². The first kappa shape index (κ1) is 15.3. The van der Waals surface area contributed by atoms with Crippen molar-refractivity contribution >= 4 is 11.6 Å². The fraction of sp³-hybridized carbons (Fsp3) is 0.538. The van der Waals surface area contributed by atoms with Crippen LogP contribution in [0.1, 0.15) is 37.8 Å². The Morgan fingerprint density at radius 2 is 1.83 bits per heavy atom. The molecule has 0 aliphatic heterocycles. The normalized spacial score (nSPS) is 13.6. The number of hydrogen-bond donors (Lipinski definition) is 1. The standard InChI is InChI=1S/C13H17ClF3N/c1-2-3-12(18-9-8-13(15,16)17)10-4-6-11(14)7-5-10/h4-7,12,18H,2-3,8-9H2,1H3. The highest BCUT2D eigenvalue weighted by atomic mass is 35.5. The molecule has 0 saturated carbocycles. The van der Waals surface area contributed by atoms with E-state index in [-0.39, 0.29) is 12.6 Å². The highest BCUT2D eigenvalue weighted by Crippen LogP contribution is 2.22. The molecule has 0 aliphatic rings. The van der Waals surface area contributed by atoms with Crippen molar-refractivity contribution in [1.29, 1.82) is 0 Å². The molecule has 1 nitrogen and oxygen atoms in total. The van der Waals surface area contributed by atoms with Crippen LogP contribution >= 0.6 is 11.6 Å². The minimum absolute atomic E-state index is 0.0467. The maximum absolute atomic E-state index is 12.1. The van der Waals surface area contributed by atoms with Crippen molar-refractivity contribution in [3.8, 4) is 0 Å². The van der Waals surface area contributed by atoms with Gasteiger partial charge < -0.3 is 5.32 Å². The summed E-state index contributed by atoms with van der Waals surface area (Å²) in [5.74, 6) is 0. The maximum atomic E-state index is 12.1. The van der Waals surface area contributed by atoms with E-state index in [9.17, 15) is 13.2 Å². The smallest absolute Gasteiger partial charge is 0.310 e. The highest BCUT2D eigenvalue weighted by Gasteiger charge is 2.26. The average molecular weight is 280 g/mol. The van der Waals surface area contributed by atoms with Crippen LogP contribution in [0.3, 0.4) is 0 Å². The third kappa shape index (κ3) is 5.74. The van der Waals surface area contributed by atoms with Gasteiger partial charge in [-0.1, -0.05) is 37.1 Å². The van der Waals surface area contributed by atoms with Crippen molar-refractivity contribution in [2.45, 2.75) is 38.4 Å². The lowest BCUT2D eigenvalue weighted by Crippen LogP contribution is -2.26. The van der Waals surface area contributed by atoms with E-state index in [4.69, 9.17) is 11.6 Å². The Kier molecular flexibility index (Phi) is 5.96. The summed E-state index contributed by atoms with van der Waals surface area (Å²) in [5, 5.41) is 3.58. The molecule has 5 heteroatoms. The summed E-state index contributed by atoms with van der Waals surface area (Å²) >= 11 is 5.79. The van der Waals surface area contributed by atoms with E-state index in [1.165, 1.54) is 0 Å². The maximum Gasteiger partial charge on any atom is 0.390 e. The number of rotatable bonds is 6. The van der Waals surface area contributed by atoms with E-state index in [1.54, 1.807) is 12.1 Å². The SMILES string of the molecule is CCCC(NCCC(F)(F)F)c1ccc(Cl)cc1. The molecule has 0 aliphatic carbocycles. The topological polar surface area (TPSA) is 12.0 Å². The fourth-order valence-corrected chi connectivity index (χ4v) is 1.88. The summed E-state index contributed by atoms with van der Waals surface area (Å²) in [6, 6.07) is 7.16. The zero-order chi connectivity index (χ0) is 13.6. The molecule has 0 bridgehead atoms. The molecule has 18 heavy (non-hydrogen) atoms. The van der Waals surface area contributed by atoms with Gasteiger partial charge >= 0.3 is 6.18 Å². The van der Waals surface area contributed by atoms with Crippen LogP contribution in [0, 0.1) is 0 Å². The van der Waals surface area contributed by atoms with E-state index in [0.29, 0.717) is 5.02 Å². The Labute approximate surface area is 110 Å². The van der Waals surface area contributed by atoms with Crippen LogP contribution in [0.4, 0.5) is 13.2 Å². The van der Waals surface area contributed by atoms with Crippen molar-refractivity contribution in [3.05, 3.63) is 34.9 Å². The van der Waals surface area contributed by atoms with Gasteiger partial charge in [0.25, 0.3) is 0 Å². The van der Waals surface area contributed by atoms with E-state index < -0.39 is 12.6 Å². The molecule has 1 aromatic rings. The largest absolute Gasteiger partial charge is 0.390 e. The minimum Gasteiger partial charge on any atom is -0.310 e. The molecular formula is C13H17ClF3N. The molecule has 0 aromatic heterocycles. The number of halogens is 4. The molecule has 0 amide bonds. The van der Waals surface area contributed by atoms with Gasteiger partial charge in [-0.05, 0) is 24.1 Å². The monoisotopic (exact) mass is 279 g/mol. The minimum atomic E-state index is -4.11. The van der Waals surface area contributed by atoms with Crippen LogP contribution in [0.15, 0.2) is 24.3 Å². The summed E-state index contributed by atoms with van der Waals surface area (Å²) in [7, 11) is 0. The zero-order valence-electron chi connectivity index (χ0n) is 10.2. The second-order valence-corrected chi connectivity index (χ2v) is 4.65. The van der Waals surface area contributed by atoms with Crippen LogP contribution in [0.5, 0.6) is 0 Å². The molecule has 1 N–H and O–H groups in total. The Hall–Kier alpha value is -0.740. The lowest BCUT2D eigenvalue weighted by Gasteiger charge is -2.19. The Balaban J connectivity index is 2.57. The van der Waals surface area contributed by atoms with E-state index in [0.717, 1.165) is 18.4 Å². The Morgan fingerprint density at radius 1 is 1.22 bits per heavy atom. The quantitative estimate of drug-likeness (QED) is 0.794. The predicted molar refractivity (Wildman–Crippen MR) is 67.8 cm³/mol. The van der Waals surface area contributed by atoms with Crippen molar-refractivity contribution in [2.24, 2.45) is 0 Å².